The highest BCUT2D eigenvalue weighted by molar-refractivity contribution is 5.53. The van der Waals surface area contributed by atoms with Crippen LogP contribution in [-0.2, 0) is 6.54 Å². The van der Waals surface area contributed by atoms with Gasteiger partial charge in [-0.25, -0.2) is 4.98 Å². The summed E-state index contributed by atoms with van der Waals surface area (Å²) in [6.07, 6.45) is 5.33. The first-order chi connectivity index (χ1) is 8.65. The van der Waals surface area contributed by atoms with E-state index in [4.69, 9.17) is 0 Å². The van der Waals surface area contributed by atoms with Crippen LogP contribution in [0, 0.1) is 17.0 Å². The summed E-state index contributed by atoms with van der Waals surface area (Å²) in [4.78, 5) is 14.3. The Morgan fingerprint density at radius 3 is 2.94 bits per heavy atom. The predicted molar refractivity (Wildman–Crippen MR) is 68.6 cm³/mol. The van der Waals surface area contributed by atoms with E-state index in [9.17, 15) is 10.1 Å². The molecule has 0 aliphatic heterocycles. The Balaban J connectivity index is 1.98. The highest BCUT2D eigenvalue weighted by Gasteiger charge is 2.07. The zero-order valence-electron chi connectivity index (χ0n) is 10.0. The molecule has 18 heavy (non-hydrogen) atoms. The van der Waals surface area contributed by atoms with Crippen molar-refractivity contribution in [1.82, 2.24) is 9.55 Å². The molecule has 1 N–H and O–H groups in total. The smallest absolute Gasteiger partial charge is 0.271 e. The number of nitrogens with one attached hydrogen (secondary N) is 1. The molecular weight excluding hydrogens is 232 g/mol. The maximum atomic E-state index is 10.7. The van der Waals surface area contributed by atoms with E-state index in [1.54, 1.807) is 24.7 Å². The summed E-state index contributed by atoms with van der Waals surface area (Å²) < 4.78 is 1.94. The van der Waals surface area contributed by atoms with E-state index in [0.717, 1.165) is 17.8 Å². The minimum Gasteiger partial charge on any atom is -0.383 e. The van der Waals surface area contributed by atoms with Gasteiger partial charge in [0.2, 0.25) is 0 Å². The minimum atomic E-state index is -0.381. The molecule has 0 bridgehead atoms. The van der Waals surface area contributed by atoms with Gasteiger partial charge in [-0.05, 0) is 18.6 Å². The number of nitro benzene ring substituents is 1. The number of aryl methyl sites for hydroxylation is 1. The van der Waals surface area contributed by atoms with E-state index in [-0.39, 0.29) is 10.6 Å². The van der Waals surface area contributed by atoms with Crippen LogP contribution in [0.4, 0.5) is 11.4 Å². The molecule has 0 unspecified atom stereocenters. The number of anilines is 1. The quantitative estimate of drug-likeness (QED) is 0.648. The van der Waals surface area contributed by atoms with Gasteiger partial charge in [-0.1, -0.05) is 0 Å². The molecule has 0 spiro atoms. The average molecular weight is 246 g/mol. The van der Waals surface area contributed by atoms with Gasteiger partial charge in [0.15, 0.2) is 0 Å². The molecule has 0 fully saturated rings. The first kappa shape index (κ1) is 12.1. The number of nitrogens with zero attached hydrogens (tertiary/aromatic N) is 3. The number of benzene rings is 1. The van der Waals surface area contributed by atoms with E-state index in [0.29, 0.717) is 6.54 Å². The second-order valence-corrected chi connectivity index (χ2v) is 4.04. The molecule has 2 aromatic rings. The zero-order chi connectivity index (χ0) is 13.0. The average Bonchev–Trinajstić information content (AvgIpc) is 2.81. The van der Waals surface area contributed by atoms with Crippen LogP contribution in [0.3, 0.4) is 0 Å². The molecule has 0 amide bonds. The molecule has 6 heteroatoms. The van der Waals surface area contributed by atoms with E-state index in [2.05, 4.69) is 10.3 Å². The second kappa shape index (κ2) is 5.31. The van der Waals surface area contributed by atoms with Crippen molar-refractivity contribution >= 4 is 11.4 Å². The maximum Gasteiger partial charge on any atom is 0.271 e. The fourth-order valence-corrected chi connectivity index (χ4v) is 1.72. The van der Waals surface area contributed by atoms with Crippen molar-refractivity contribution in [2.24, 2.45) is 0 Å². The largest absolute Gasteiger partial charge is 0.383 e. The van der Waals surface area contributed by atoms with Crippen molar-refractivity contribution in [3.05, 3.63) is 52.6 Å². The molecule has 2 rings (SSSR count). The van der Waals surface area contributed by atoms with Crippen LogP contribution in [0.25, 0.3) is 0 Å². The summed E-state index contributed by atoms with van der Waals surface area (Å²) in [5.74, 6) is 0. The third-order valence-electron chi connectivity index (χ3n) is 2.53. The fraction of sp³-hybridized carbons (Fsp3) is 0.250. The summed E-state index contributed by atoms with van der Waals surface area (Å²) >= 11 is 0. The van der Waals surface area contributed by atoms with Gasteiger partial charge in [0.25, 0.3) is 5.69 Å². The molecule has 0 aliphatic carbocycles. The highest BCUT2D eigenvalue weighted by atomic mass is 16.6. The van der Waals surface area contributed by atoms with Crippen LogP contribution in [0.15, 0.2) is 36.9 Å². The third kappa shape index (κ3) is 3.07. The van der Waals surface area contributed by atoms with E-state index in [1.165, 1.54) is 0 Å². The predicted octanol–water partition coefficient (Wildman–Crippen LogP) is 2.21. The normalized spacial score (nSPS) is 10.3. The van der Waals surface area contributed by atoms with Crippen molar-refractivity contribution in [3.8, 4) is 0 Å². The van der Waals surface area contributed by atoms with Gasteiger partial charge >= 0.3 is 0 Å². The zero-order valence-corrected chi connectivity index (χ0v) is 10.0. The van der Waals surface area contributed by atoms with Crippen molar-refractivity contribution in [2.45, 2.75) is 13.5 Å². The van der Waals surface area contributed by atoms with Gasteiger partial charge in [-0.15, -0.1) is 0 Å². The number of non-ortho nitro benzene ring substituents is 1. The van der Waals surface area contributed by atoms with Crippen molar-refractivity contribution in [1.29, 1.82) is 0 Å². The Hall–Kier alpha value is -2.37. The van der Waals surface area contributed by atoms with E-state index < -0.39 is 0 Å². The molecule has 0 radical (unpaired) electrons. The van der Waals surface area contributed by atoms with Gasteiger partial charge in [0.05, 0.1) is 11.3 Å². The molecule has 1 aromatic carbocycles. The van der Waals surface area contributed by atoms with Crippen molar-refractivity contribution in [3.63, 3.8) is 0 Å². The number of hydrogen-bond acceptors (Lipinski definition) is 4. The lowest BCUT2D eigenvalue weighted by Gasteiger charge is -2.07. The fourth-order valence-electron chi connectivity index (χ4n) is 1.72. The summed E-state index contributed by atoms with van der Waals surface area (Å²) in [6.45, 7) is 3.30. The lowest BCUT2D eigenvalue weighted by atomic mass is 10.2. The summed E-state index contributed by atoms with van der Waals surface area (Å²) in [5.41, 5.74) is 1.75. The number of hydrogen-bond donors (Lipinski definition) is 1. The Morgan fingerprint density at radius 2 is 2.28 bits per heavy atom. The molecule has 0 saturated carbocycles. The molecule has 0 aliphatic rings. The molecule has 0 saturated heterocycles. The van der Waals surface area contributed by atoms with Crippen molar-refractivity contribution < 1.29 is 4.92 Å². The number of aromatic nitrogens is 2. The van der Waals surface area contributed by atoms with E-state index >= 15 is 0 Å². The summed E-state index contributed by atoms with van der Waals surface area (Å²) in [7, 11) is 0. The topological polar surface area (TPSA) is 73.0 Å². The number of imidazole rings is 1. The third-order valence-corrected chi connectivity index (χ3v) is 2.53. The molecule has 0 atom stereocenters. The first-order valence-electron chi connectivity index (χ1n) is 5.61. The van der Waals surface area contributed by atoms with Crippen molar-refractivity contribution in [2.75, 3.05) is 11.9 Å². The number of rotatable bonds is 5. The maximum absolute atomic E-state index is 10.7. The van der Waals surface area contributed by atoms with Gasteiger partial charge < -0.3 is 9.88 Å². The van der Waals surface area contributed by atoms with Crippen LogP contribution in [-0.4, -0.2) is 21.0 Å². The summed E-state index contributed by atoms with van der Waals surface area (Å²) in [6, 6.07) is 4.99. The Kier molecular flexibility index (Phi) is 3.57. The summed E-state index contributed by atoms with van der Waals surface area (Å²) in [5, 5.41) is 13.9. The van der Waals surface area contributed by atoms with Crippen LogP contribution < -0.4 is 5.32 Å². The van der Waals surface area contributed by atoms with Gasteiger partial charge in [-0.3, -0.25) is 10.1 Å². The first-order valence-corrected chi connectivity index (χ1v) is 5.61. The standard InChI is InChI=1S/C12H14N4O2/c1-10-6-11(8-12(7-10)16(17)18)14-3-5-15-4-2-13-9-15/h2,4,6-9,14H,3,5H2,1H3. The lowest BCUT2D eigenvalue weighted by Crippen LogP contribution is -2.09. The van der Waals surface area contributed by atoms with Crippen LogP contribution >= 0.6 is 0 Å². The molecule has 94 valence electrons. The highest BCUT2D eigenvalue weighted by Crippen LogP contribution is 2.20. The van der Waals surface area contributed by atoms with Crippen LogP contribution in [0.2, 0.25) is 0 Å². The molecule has 1 aromatic heterocycles. The Morgan fingerprint density at radius 1 is 1.44 bits per heavy atom. The SMILES string of the molecule is Cc1cc(NCCn2ccnc2)cc([N+](=O)[O-])c1. The van der Waals surface area contributed by atoms with Crippen LogP contribution in [0.1, 0.15) is 5.56 Å². The Labute approximate surface area is 104 Å². The number of nitro groups is 1. The molecule has 1 heterocycles. The van der Waals surface area contributed by atoms with Gasteiger partial charge in [0.1, 0.15) is 0 Å². The van der Waals surface area contributed by atoms with Gasteiger partial charge in [-0.2, -0.15) is 0 Å². The van der Waals surface area contributed by atoms with E-state index in [1.807, 2.05) is 23.8 Å². The molecule has 6 nitrogen and oxygen atoms in total. The second-order valence-electron chi connectivity index (χ2n) is 4.04. The monoisotopic (exact) mass is 246 g/mol. The van der Waals surface area contributed by atoms with Gasteiger partial charge in [0, 0.05) is 43.3 Å². The lowest BCUT2D eigenvalue weighted by molar-refractivity contribution is -0.384. The van der Waals surface area contributed by atoms with Crippen LogP contribution in [0.5, 0.6) is 0 Å². The Bertz CT molecular complexity index is 537. The minimum absolute atomic E-state index is 0.111. The molecular formula is C12H14N4O2.